The van der Waals surface area contributed by atoms with Crippen LogP contribution in [0.2, 0.25) is 0 Å². The molecule has 1 aliphatic carbocycles. The Morgan fingerprint density at radius 2 is 1.88 bits per heavy atom. The quantitative estimate of drug-likeness (QED) is 0.796. The summed E-state index contributed by atoms with van der Waals surface area (Å²) in [6, 6.07) is 13.3. The third kappa shape index (κ3) is 4.47. The van der Waals surface area contributed by atoms with Crippen molar-refractivity contribution < 1.29 is 9.18 Å². The van der Waals surface area contributed by atoms with Crippen LogP contribution in [0.1, 0.15) is 60.9 Å². The van der Waals surface area contributed by atoms with E-state index in [1.165, 1.54) is 42.0 Å². The largest absolute Gasteiger partial charge is 0.349 e. The molecular weight excluding hydrogens is 313 g/mol. The van der Waals surface area contributed by atoms with Gasteiger partial charge in [-0.2, -0.15) is 0 Å². The summed E-state index contributed by atoms with van der Waals surface area (Å²) in [7, 11) is 0. The highest BCUT2D eigenvalue weighted by Gasteiger charge is 2.16. The molecule has 0 aliphatic heterocycles. The summed E-state index contributed by atoms with van der Waals surface area (Å²) in [5.74, 6) is -0.259. The van der Waals surface area contributed by atoms with Gasteiger partial charge < -0.3 is 5.32 Å². The molecule has 0 radical (unpaired) electrons. The van der Waals surface area contributed by atoms with Crippen molar-refractivity contribution in [1.82, 2.24) is 5.32 Å². The predicted octanol–water partition coefficient (Wildman–Crippen LogP) is 4.90. The van der Waals surface area contributed by atoms with Crippen LogP contribution in [0.3, 0.4) is 0 Å². The molecule has 0 unspecified atom stereocenters. The third-order valence-corrected chi connectivity index (χ3v) is 5.10. The maximum Gasteiger partial charge on any atom is 0.220 e. The van der Waals surface area contributed by atoms with Gasteiger partial charge in [-0.3, -0.25) is 4.79 Å². The molecule has 132 valence electrons. The molecule has 0 spiro atoms. The first kappa shape index (κ1) is 17.7. The first-order chi connectivity index (χ1) is 12.2. The van der Waals surface area contributed by atoms with Gasteiger partial charge in [0.15, 0.2) is 0 Å². The zero-order valence-corrected chi connectivity index (χ0v) is 14.9. The number of hydrogen-bond donors (Lipinski definition) is 1. The Balaban J connectivity index is 1.61. The molecule has 0 fully saturated rings. The minimum Gasteiger partial charge on any atom is -0.349 e. The number of fused-ring (bicyclic) bond motifs is 1. The summed E-state index contributed by atoms with van der Waals surface area (Å²) in [5, 5.41) is 3.12. The van der Waals surface area contributed by atoms with Gasteiger partial charge in [0.05, 0.1) is 6.04 Å². The second kappa shape index (κ2) is 8.28. The molecule has 1 aliphatic rings. The molecule has 0 bridgehead atoms. The van der Waals surface area contributed by atoms with E-state index in [9.17, 15) is 9.18 Å². The van der Waals surface area contributed by atoms with Crippen LogP contribution in [0.4, 0.5) is 4.39 Å². The predicted molar refractivity (Wildman–Crippen MR) is 99.0 cm³/mol. The van der Waals surface area contributed by atoms with Crippen molar-refractivity contribution in [3.63, 3.8) is 0 Å². The van der Waals surface area contributed by atoms with E-state index < -0.39 is 0 Å². The lowest BCUT2D eigenvalue weighted by Crippen LogP contribution is -2.28. The van der Waals surface area contributed by atoms with Gasteiger partial charge in [-0.05, 0) is 66.8 Å². The number of nitrogens with one attached hydrogen (secondary N) is 1. The maximum absolute atomic E-state index is 13.7. The monoisotopic (exact) mass is 339 g/mol. The van der Waals surface area contributed by atoms with Gasteiger partial charge in [0, 0.05) is 6.42 Å². The topological polar surface area (TPSA) is 29.1 Å². The van der Waals surface area contributed by atoms with Gasteiger partial charge in [-0.25, -0.2) is 4.39 Å². The summed E-state index contributed by atoms with van der Waals surface area (Å²) >= 11 is 0. The normalized spacial score (nSPS) is 14.6. The minimum absolute atomic E-state index is 0.0205. The average Bonchev–Trinajstić information content (AvgIpc) is 2.65. The SMILES string of the molecule is CC[C@H](NC(=O)CCc1ccccc1F)c1ccc2c(c1)CCCC2. The van der Waals surface area contributed by atoms with Crippen LogP contribution in [0.15, 0.2) is 42.5 Å². The summed E-state index contributed by atoms with van der Waals surface area (Å²) in [6.07, 6.45) is 6.42. The maximum atomic E-state index is 13.7. The second-order valence-corrected chi connectivity index (χ2v) is 6.86. The van der Waals surface area contributed by atoms with Crippen molar-refractivity contribution in [3.8, 4) is 0 Å². The van der Waals surface area contributed by atoms with Crippen molar-refractivity contribution in [3.05, 3.63) is 70.5 Å². The van der Waals surface area contributed by atoms with Crippen LogP contribution < -0.4 is 5.32 Å². The molecule has 2 aromatic carbocycles. The molecular formula is C22H26FNO. The summed E-state index contributed by atoms with van der Waals surface area (Å²) in [5.41, 5.74) is 4.67. The van der Waals surface area contributed by atoms with Crippen LogP contribution in [0.25, 0.3) is 0 Å². The lowest BCUT2D eigenvalue weighted by Gasteiger charge is -2.22. The zero-order chi connectivity index (χ0) is 17.6. The molecule has 25 heavy (non-hydrogen) atoms. The van der Waals surface area contributed by atoms with Crippen LogP contribution in [-0.4, -0.2) is 5.91 Å². The van der Waals surface area contributed by atoms with E-state index in [1.54, 1.807) is 18.2 Å². The molecule has 1 atom stereocenters. The average molecular weight is 339 g/mol. The third-order valence-electron chi connectivity index (χ3n) is 5.10. The first-order valence-electron chi connectivity index (χ1n) is 9.32. The number of aryl methyl sites for hydroxylation is 3. The lowest BCUT2D eigenvalue weighted by molar-refractivity contribution is -0.121. The molecule has 1 N–H and O–H groups in total. The van der Waals surface area contributed by atoms with E-state index in [4.69, 9.17) is 0 Å². The fourth-order valence-electron chi connectivity index (χ4n) is 3.61. The van der Waals surface area contributed by atoms with E-state index in [1.807, 2.05) is 0 Å². The van der Waals surface area contributed by atoms with Gasteiger partial charge in [0.2, 0.25) is 5.91 Å². The molecule has 0 heterocycles. The number of hydrogen-bond acceptors (Lipinski definition) is 1. The molecule has 3 rings (SSSR count). The van der Waals surface area contributed by atoms with Gasteiger partial charge in [-0.15, -0.1) is 0 Å². The van der Waals surface area contributed by atoms with Crippen LogP contribution in [0, 0.1) is 5.82 Å². The zero-order valence-electron chi connectivity index (χ0n) is 14.9. The van der Waals surface area contributed by atoms with E-state index in [-0.39, 0.29) is 17.8 Å². The van der Waals surface area contributed by atoms with Crippen LogP contribution >= 0.6 is 0 Å². The fraction of sp³-hybridized carbons (Fsp3) is 0.409. The van der Waals surface area contributed by atoms with E-state index in [0.717, 1.165) is 12.8 Å². The molecule has 0 aromatic heterocycles. The molecule has 2 nitrogen and oxygen atoms in total. The van der Waals surface area contributed by atoms with Gasteiger partial charge in [-0.1, -0.05) is 43.3 Å². The summed E-state index contributed by atoms with van der Waals surface area (Å²) in [4.78, 5) is 12.3. The van der Waals surface area contributed by atoms with Crippen LogP contribution in [-0.2, 0) is 24.1 Å². The number of halogens is 1. The van der Waals surface area contributed by atoms with Gasteiger partial charge in [0.1, 0.15) is 5.82 Å². The number of benzene rings is 2. The second-order valence-electron chi connectivity index (χ2n) is 6.86. The molecule has 0 saturated carbocycles. The standard InChI is InChI=1S/C22H26FNO/c1-2-21(19-12-11-16-7-3-4-9-18(16)15-19)24-22(25)14-13-17-8-5-6-10-20(17)23/h5-6,8,10-12,15,21H,2-4,7,9,13-14H2,1H3,(H,24,25)/t21-/m0/s1. The molecule has 2 aromatic rings. The Morgan fingerprint density at radius 3 is 2.64 bits per heavy atom. The fourth-order valence-corrected chi connectivity index (χ4v) is 3.61. The molecule has 1 amide bonds. The Kier molecular flexibility index (Phi) is 5.85. The van der Waals surface area contributed by atoms with Crippen molar-refractivity contribution in [1.29, 1.82) is 0 Å². The van der Waals surface area contributed by atoms with Gasteiger partial charge in [0.25, 0.3) is 0 Å². The van der Waals surface area contributed by atoms with Crippen molar-refractivity contribution in [2.75, 3.05) is 0 Å². The first-order valence-corrected chi connectivity index (χ1v) is 9.32. The lowest BCUT2D eigenvalue weighted by atomic mass is 9.89. The van der Waals surface area contributed by atoms with Crippen molar-refractivity contribution in [2.24, 2.45) is 0 Å². The Labute approximate surface area is 149 Å². The smallest absolute Gasteiger partial charge is 0.220 e. The highest BCUT2D eigenvalue weighted by Crippen LogP contribution is 2.26. The molecule has 3 heteroatoms. The Morgan fingerprint density at radius 1 is 1.12 bits per heavy atom. The van der Waals surface area contributed by atoms with E-state index >= 15 is 0 Å². The van der Waals surface area contributed by atoms with Crippen molar-refractivity contribution >= 4 is 5.91 Å². The Hall–Kier alpha value is -2.16. The van der Waals surface area contributed by atoms with E-state index in [2.05, 4.69) is 30.4 Å². The van der Waals surface area contributed by atoms with E-state index in [0.29, 0.717) is 18.4 Å². The van der Waals surface area contributed by atoms with Crippen LogP contribution in [0.5, 0.6) is 0 Å². The number of carbonyl (C=O) groups excluding carboxylic acids is 1. The minimum atomic E-state index is -0.239. The highest BCUT2D eigenvalue weighted by molar-refractivity contribution is 5.76. The summed E-state index contributed by atoms with van der Waals surface area (Å²) in [6.45, 7) is 2.08. The van der Waals surface area contributed by atoms with Crippen molar-refractivity contribution in [2.45, 2.75) is 57.9 Å². The number of rotatable bonds is 6. The van der Waals surface area contributed by atoms with Gasteiger partial charge >= 0.3 is 0 Å². The highest BCUT2D eigenvalue weighted by atomic mass is 19.1. The number of amides is 1. The number of carbonyl (C=O) groups is 1. The summed E-state index contributed by atoms with van der Waals surface area (Å²) < 4.78 is 13.7. The Bertz CT molecular complexity index is 741. The molecule has 0 saturated heterocycles.